The zero-order valence-corrected chi connectivity index (χ0v) is 11.4. The minimum absolute atomic E-state index is 0.440. The van der Waals surface area contributed by atoms with Crippen LogP contribution in [0.25, 0.3) is 0 Å². The Bertz CT molecular complexity index is 471. The number of hydrogen-bond donors (Lipinski definition) is 1. The topological polar surface area (TPSA) is 33.1 Å². The summed E-state index contributed by atoms with van der Waals surface area (Å²) < 4.78 is 1.05. The molecule has 0 amide bonds. The van der Waals surface area contributed by atoms with E-state index in [0.29, 0.717) is 11.6 Å². The minimum atomic E-state index is -0.532. The molecule has 0 aliphatic rings. The molecule has 2 aromatic heterocycles. The Balaban J connectivity index is 2.08. The molecule has 0 saturated carbocycles. The van der Waals surface area contributed by atoms with Gasteiger partial charge in [-0.15, -0.1) is 11.3 Å². The molecule has 1 unspecified atom stereocenters. The predicted molar refractivity (Wildman–Crippen MR) is 69.9 cm³/mol. The fourth-order valence-corrected chi connectivity index (χ4v) is 2.95. The Kier molecular flexibility index (Phi) is 3.97. The third kappa shape index (κ3) is 3.04. The first-order valence-corrected chi connectivity index (χ1v) is 6.72. The molecule has 5 heteroatoms. The van der Waals surface area contributed by atoms with Gasteiger partial charge >= 0.3 is 0 Å². The highest BCUT2D eigenvalue weighted by molar-refractivity contribution is 9.10. The molecule has 0 aliphatic carbocycles. The second-order valence-corrected chi connectivity index (χ2v) is 5.66. The molecular formula is C11H9BrClNOS. The number of aliphatic hydroxyl groups excluding tert-OH is 1. The Labute approximate surface area is 111 Å². The molecule has 84 valence electrons. The molecule has 0 bridgehead atoms. The van der Waals surface area contributed by atoms with Gasteiger partial charge in [0.05, 0.1) is 6.10 Å². The van der Waals surface area contributed by atoms with Crippen molar-refractivity contribution in [1.82, 2.24) is 4.98 Å². The Morgan fingerprint density at radius 1 is 1.50 bits per heavy atom. The summed E-state index contributed by atoms with van der Waals surface area (Å²) in [5.74, 6) is 0. The third-order valence-electron chi connectivity index (χ3n) is 2.15. The van der Waals surface area contributed by atoms with Crippen LogP contribution in [0.2, 0.25) is 5.15 Å². The van der Waals surface area contributed by atoms with Gasteiger partial charge in [-0.05, 0) is 33.6 Å². The summed E-state index contributed by atoms with van der Waals surface area (Å²) in [5.41, 5.74) is 0.786. The number of aliphatic hydroxyl groups is 1. The Hall–Kier alpha value is -0.420. The maximum atomic E-state index is 9.98. The first kappa shape index (κ1) is 12.0. The van der Waals surface area contributed by atoms with Crippen LogP contribution in [0, 0.1) is 0 Å². The van der Waals surface area contributed by atoms with Crippen LogP contribution in [0.1, 0.15) is 16.5 Å². The van der Waals surface area contributed by atoms with Gasteiger partial charge in [0.1, 0.15) is 5.15 Å². The maximum absolute atomic E-state index is 9.98. The Morgan fingerprint density at radius 3 is 2.88 bits per heavy atom. The number of thiophene rings is 1. The van der Waals surface area contributed by atoms with Crippen molar-refractivity contribution in [3.8, 4) is 0 Å². The summed E-state index contributed by atoms with van der Waals surface area (Å²) in [7, 11) is 0. The lowest BCUT2D eigenvalue weighted by molar-refractivity contribution is 0.179. The van der Waals surface area contributed by atoms with E-state index in [1.165, 1.54) is 0 Å². The highest BCUT2D eigenvalue weighted by atomic mass is 79.9. The van der Waals surface area contributed by atoms with E-state index in [-0.39, 0.29) is 0 Å². The van der Waals surface area contributed by atoms with Gasteiger partial charge in [0.25, 0.3) is 0 Å². The third-order valence-corrected chi connectivity index (χ3v) is 4.09. The van der Waals surface area contributed by atoms with E-state index in [1.807, 2.05) is 11.4 Å². The Morgan fingerprint density at radius 2 is 2.31 bits per heavy atom. The van der Waals surface area contributed by atoms with Gasteiger partial charge in [0.2, 0.25) is 0 Å². The summed E-state index contributed by atoms with van der Waals surface area (Å²) in [6, 6.07) is 5.49. The summed E-state index contributed by atoms with van der Waals surface area (Å²) >= 11 is 10.7. The van der Waals surface area contributed by atoms with E-state index in [2.05, 4.69) is 20.9 Å². The molecule has 0 aliphatic heterocycles. The van der Waals surface area contributed by atoms with E-state index in [1.54, 1.807) is 29.7 Å². The highest BCUT2D eigenvalue weighted by Crippen LogP contribution is 2.25. The van der Waals surface area contributed by atoms with Gasteiger partial charge in [-0.2, -0.15) is 0 Å². The smallest absolute Gasteiger partial charge is 0.129 e. The van der Waals surface area contributed by atoms with Gasteiger partial charge < -0.3 is 5.11 Å². The van der Waals surface area contributed by atoms with Gasteiger partial charge in [0, 0.05) is 27.3 Å². The van der Waals surface area contributed by atoms with Crippen LogP contribution < -0.4 is 0 Å². The number of hydrogen-bond acceptors (Lipinski definition) is 3. The zero-order chi connectivity index (χ0) is 11.5. The van der Waals surface area contributed by atoms with Gasteiger partial charge in [0.15, 0.2) is 0 Å². The van der Waals surface area contributed by atoms with E-state index < -0.39 is 6.10 Å². The van der Waals surface area contributed by atoms with E-state index in [4.69, 9.17) is 11.6 Å². The number of pyridine rings is 1. The monoisotopic (exact) mass is 317 g/mol. The van der Waals surface area contributed by atoms with Crippen molar-refractivity contribution < 1.29 is 5.11 Å². The fourth-order valence-electron chi connectivity index (χ4n) is 1.35. The molecule has 0 saturated heterocycles. The van der Waals surface area contributed by atoms with Gasteiger partial charge in [-0.3, -0.25) is 0 Å². The van der Waals surface area contributed by atoms with Crippen LogP contribution in [0.15, 0.2) is 34.2 Å². The normalized spacial score (nSPS) is 12.7. The SMILES string of the molecule is OC(Cc1cc(Br)cs1)c1ccc(Cl)nc1. The fraction of sp³-hybridized carbons (Fsp3) is 0.182. The van der Waals surface area contributed by atoms with Crippen molar-refractivity contribution >= 4 is 38.9 Å². The molecule has 16 heavy (non-hydrogen) atoms. The maximum Gasteiger partial charge on any atom is 0.129 e. The second-order valence-electron chi connectivity index (χ2n) is 3.37. The lowest BCUT2D eigenvalue weighted by Gasteiger charge is -2.08. The summed E-state index contributed by atoms with van der Waals surface area (Å²) in [6.07, 6.45) is 1.67. The first-order valence-electron chi connectivity index (χ1n) is 4.67. The quantitative estimate of drug-likeness (QED) is 0.872. The molecule has 0 spiro atoms. The van der Waals surface area contributed by atoms with E-state index in [9.17, 15) is 5.11 Å². The van der Waals surface area contributed by atoms with Crippen LogP contribution in [-0.2, 0) is 6.42 Å². The molecule has 0 radical (unpaired) electrons. The molecule has 0 fully saturated rings. The van der Waals surface area contributed by atoms with Crippen LogP contribution in [0.5, 0.6) is 0 Å². The highest BCUT2D eigenvalue weighted by Gasteiger charge is 2.10. The average molecular weight is 319 g/mol. The van der Waals surface area contributed by atoms with Crippen LogP contribution in [-0.4, -0.2) is 10.1 Å². The molecule has 2 nitrogen and oxygen atoms in total. The summed E-state index contributed by atoms with van der Waals surface area (Å²) in [5, 5.41) is 12.4. The van der Waals surface area contributed by atoms with Gasteiger partial charge in [-0.25, -0.2) is 4.98 Å². The summed E-state index contributed by atoms with van der Waals surface area (Å²) in [4.78, 5) is 5.08. The van der Waals surface area contributed by atoms with Crippen molar-refractivity contribution in [3.05, 3.63) is 49.8 Å². The molecule has 2 heterocycles. The molecule has 2 aromatic rings. The van der Waals surface area contributed by atoms with Crippen molar-refractivity contribution in [3.63, 3.8) is 0 Å². The molecular weight excluding hydrogens is 310 g/mol. The van der Waals surface area contributed by atoms with Crippen LogP contribution in [0.3, 0.4) is 0 Å². The van der Waals surface area contributed by atoms with Crippen LogP contribution >= 0.6 is 38.9 Å². The van der Waals surface area contributed by atoms with Crippen molar-refractivity contribution in [2.45, 2.75) is 12.5 Å². The number of halogens is 2. The number of rotatable bonds is 3. The lowest BCUT2D eigenvalue weighted by atomic mass is 10.1. The first-order chi connectivity index (χ1) is 7.65. The molecule has 0 aromatic carbocycles. The lowest BCUT2D eigenvalue weighted by Crippen LogP contribution is -2.00. The van der Waals surface area contributed by atoms with Crippen molar-refractivity contribution in [2.24, 2.45) is 0 Å². The standard InChI is InChI=1S/C11H9BrClNOS/c12-8-3-9(16-6-8)4-10(15)7-1-2-11(13)14-5-7/h1-3,5-6,10,15H,4H2. The van der Waals surface area contributed by atoms with Gasteiger partial charge in [-0.1, -0.05) is 17.7 Å². The predicted octanol–water partition coefficient (Wildman–Crippen LogP) is 3.84. The largest absolute Gasteiger partial charge is 0.388 e. The molecule has 1 N–H and O–H groups in total. The van der Waals surface area contributed by atoms with E-state index in [0.717, 1.165) is 14.9 Å². The van der Waals surface area contributed by atoms with Crippen LogP contribution in [0.4, 0.5) is 0 Å². The minimum Gasteiger partial charge on any atom is -0.388 e. The van der Waals surface area contributed by atoms with Crippen molar-refractivity contribution in [2.75, 3.05) is 0 Å². The zero-order valence-electron chi connectivity index (χ0n) is 8.23. The summed E-state index contributed by atoms with van der Waals surface area (Å²) in [6.45, 7) is 0. The average Bonchev–Trinajstić information content (AvgIpc) is 2.65. The van der Waals surface area contributed by atoms with Crippen molar-refractivity contribution in [1.29, 1.82) is 0 Å². The molecule has 1 atom stereocenters. The number of aromatic nitrogens is 1. The number of nitrogens with zero attached hydrogens (tertiary/aromatic N) is 1. The van der Waals surface area contributed by atoms with E-state index >= 15 is 0 Å². The molecule has 2 rings (SSSR count). The second kappa shape index (κ2) is 5.27.